The van der Waals surface area contributed by atoms with Gasteiger partial charge in [-0.15, -0.1) is 5.10 Å². The number of benzene rings is 1. The Kier molecular flexibility index (Phi) is 4.68. The molecule has 1 aliphatic rings. The summed E-state index contributed by atoms with van der Waals surface area (Å²) in [6.07, 6.45) is 1.80. The normalized spacial score (nSPS) is 14.9. The van der Waals surface area contributed by atoms with E-state index in [1.807, 2.05) is 36.9 Å². The lowest BCUT2D eigenvalue weighted by atomic mass is 9.97. The maximum Gasteiger partial charge on any atom is 0.157 e. The first-order chi connectivity index (χ1) is 13.9. The maximum atomic E-state index is 10.0. The van der Waals surface area contributed by atoms with Gasteiger partial charge in [0.15, 0.2) is 5.82 Å². The van der Waals surface area contributed by atoms with Crippen LogP contribution in [0.2, 0.25) is 0 Å². The first-order valence-corrected chi connectivity index (χ1v) is 9.32. The molecule has 0 aliphatic carbocycles. The Bertz CT molecular complexity index is 1110. The second-order valence-corrected chi connectivity index (χ2v) is 7.54. The number of β-amino-alcohol motifs (C(OH)–C–C–N with tert-alkyl or cyclic N) is 1. The molecule has 2 aromatic heterocycles. The van der Waals surface area contributed by atoms with E-state index in [0.29, 0.717) is 36.8 Å². The number of aryl methyl sites for hydroxylation is 1. The maximum absolute atomic E-state index is 10.0. The second kappa shape index (κ2) is 7.18. The van der Waals surface area contributed by atoms with Gasteiger partial charge < -0.3 is 20.1 Å². The van der Waals surface area contributed by atoms with Crippen molar-refractivity contribution in [1.29, 1.82) is 5.26 Å². The smallest absolute Gasteiger partial charge is 0.157 e. The van der Waals surface area contributed by atoms with Gasteiger partial charge in [-0.3, -0.25) is 0 Å². The lowest BCUT2D eigenvalue weighted by Crippen LogP contribution is -2.60. The summed E-state index contributed by atoms with van der Waals surface area (Å²) in [4.78, 5) is 6.55. The van der Waals surface area contributed by atoms with Crippen LogP contribution in [-0.2, 0) is 6.54 Å². The van der Waals surface area contributed by atoms with Crippen molar-refractivity contribution < 1.29 is 9.84 Å². The van der Waals surface area contributed by atoms with Crippen molar-refractivity contribution in [3.63, 3.8) is 0 Å². The van der Waals surface area contributed by atoms with Crippen LogP contribution in [0.25, 0.3) is 10.8 Å². The average Bonchev–Trinajstić information content (AvgIpc) is 2.70. The fourth-order valence-electron chi connectivity index (χ4n) is 3.63. The molecule has 8 nitrogen and oxygen atoms in total. The van der Waals surface area contributed by atoms with E-state index in [1.165, 1.54) is 0 Å². The molecular weight excluding hydrogens is 368 g/mol. The molecule has 29 heavy (non-hydrogen) atoms. The van der Waals surface area contributed by atoms with E-state index in [2.05, 4.69) is 26.6 Å². The minimum absolute atomic E-state index is 0.432. The quantitative estimate of drug-likeness (QED) is 0.684. The third-order valence-corrected chi connectivity index (χ3v) is 5.09. The molecule has 0 bridgehead atoms. The van der Waals surface area contributed by atoms with Crippen LogP contribution in [0.1, 0.15) is 23.7 Å². The number of hydrogen-bond acceptors (Lipinski definition) is 8. The van der Waals surface area contributed by atoms with Gasteiger partial charge in [-0.05, 0) is 26.0 Å². The summed E-state index contributed by atoms with van der Waals surface area (Å²) in [7, 11) is 1.56. The minimum atomic E-state index is -0.674. The van der Waals surface area contributed by atoms with Gasteiger partial charge in [0.25, 0.3) is 0 Å². The number of nitriles is 1. The number of nitrogens with one attached hydrogen (secondary N) is 1. The Labute approximate surface area is 168 Å². The summed E-state index contributed by atoms with van der Waals surface area (Å²) >= 11 is 0. The molecule has 3 aromatic rings. The van der Waals surface area contributed by atoms with Crippen molar-refractivity contribution in [2.75, 3.05) is 30.4 Å². The van der Waals surface area contributed by atoms with Crippen LogP contribution in [-0.4, -0.2) is 46.1 Å². The number of anilines is 2. The van der Waals surface area contributed by atoms with E-state index in [4.69, 9.17) is 4.74 Å². The predicted molar refractivity (Wildman–Crippen MR) is 110 cm³/mol. The summed E-state index contributed by atoms with van der Waals surface area (Å²) in [5, 5.41) is 33.0. The van der Waals surface area contributed by atoms with E-state index < -0.39 is 5.60 Å². The van der Waals surface area contributed by atoms with Crippen LogP contribution in [0.15, 0.2) is 30.5 Å². The highest BCUT2D eigenvalue weighted by atomic mass is 16.5. The molecule has 8 heteroatoms. The third-order valence-electron chi connectivity index (χ3n) is 5.09. The van der Waals surface area contributed by atoms with Crippen LogP contribution < -0.4 is 15.0 Å². The Hall–Kier alpha value is -3.44. The largest absolute Gasteiger partial charge is 0.495 e. The number of hydrogen-bond donors (Lipinski definition) is 2. The Balaban J connectivity index is 1.66. The standard InChI is InChI=1S/C21H22N6O2/c1-13-17-10-23-18(27-11-21(2,28)12-27)7-16(17)20(26-25-13)24-9-15-6-4-5-14(8-22)19(15)29-3/h4-7,10,28H,9,11-12H2,1-3H3,(H,24,26). The number of rotatable bonds is 5. The zero-order valence-electron chi connectivity index (χ0n) is 16.6. The van der Waals surface area contributed by atoms with E-state index in [-0.39, 0.29) is 0 Å². The molecule has 3 heterocycles. The zero-order chi connectivity index (χ0) is 20.6. The van der Waals surface area contributed by atoms with E-state index >= 15 is 0 Å². The SMILES string of the molecule is COc1c(C#N)cccc1CNc1nnc(C)c2cnc(N3CC(C)(O)C3)cc12. The number of aromatic nitrogens is 3. The molecule has 0 saturated carbocycles. The molecule has 1 aliphatic heterocycles. The van der Waals surface area contributed by atoms with Crippen LogP contribution in [0.4, 0.5) is 11.6 Å². The van der Waals surface area contributed by atoms with Crippen molar-refractivity contribution >= 4 is 22.4 Å². The molecule has 0 amide bonds. The molecule has 1 saturated heterocycles. The fraction of sp³-hybridized carbons (Fsp3) is 0.333. The van der Waals surface area contributed by atoms with Crippen LogP contribution in [0.5, 0.6) is 5.75 Å². The highest BCUT2D eigenvalue weighted by Crippen LogP contribution is 2.31. The van der Waals surface area contributed by atoms with Crippen molar-refractivity contribution in [2.45, 2.75) is 26.0 Å². The van der Waals surface area contributed by atoms with Crippen LogP contribution in [0, 0.1) is 18.3 Å². The first kappa shape index (κ1) is 18.9. The summed E-state index contributed by atoms with van der Waals surface area (Å²) in [5.41, 5.74) is 1.47. The monoisotopic (exact) mass is 390 g/mol. The summed E-state index contributed by atoms with van der Waals surface area (Å²) in [5.74, 6) is 1.98. The summed E-state index contributed by atoms with van der Waals surface area (Å²) < 4.78 is 5.42. The second-order valence-electron chi connectivity index (χ2n) is 7.54. The van der Waals surface area contributed by atoms with Crippen LogP contribution in [0.3, 0.4) is 0 Å². The van der Waals surface area contributed by atoms with Gasteiger partial charge in [-0.1, -0.05) is 12.1 Å². The summed E-state index contributed by atoms with van der Waals surface area (Å²) in [6.45, 7) is 5.24. The van der Waals surface area contributed by atoms with Gasteiger partial charge in [0.05, 0.1) is 24.0 Å². The zero-order valence-corrected chi connectivity index (χ0v) is 16.6. The van der Waals surface area contributed by atoms with Crippen molar-refractivity contribution in [2.24, 2.45) is 0 Å². The highest BCUT2D eigenvalue weighted by Gasteiger charge is 2.37. The van der Waals surface area contributed by atoms with E-state index in [0.717, 1.165) is 27.8 Å². The van der Waals surface area contributed by atoms with E-state index in [9.17, 15) is 10.4 Å². The number of para-hydroxylation sites is 1. The van der Waals surface area contributed by atoms with Gasteiger partial charge in [-0.2, -0.15) is 10.4 Å². The number of pyridine rings is 1. The lowest BCUT2D eigenvalue weighted by molar-refractivity contribution is 0.0305. The van der Waals surface area contributed by atoms with E-state index in [1.54, 1.807) is 19.4 Å². The molecule has 1 aromatic carbocycles. The van der Waals surface area contributed by atoms with Gasteiger partial charge >= 0.3 is 0 Å². The van der Waals surface area contributed by atoms with Gasteiger partial charge in [0.1, 0.15) is 17.6 Å². The lowest BCUT2D eigenvalue weighted by Gasteiger charge is -2.45. The molecule has 2 N–H and O–H groups in total. The van der Waals surface area contributed by atoms with Gasteiger partial charge in [0, 0.05) is 42.2 Å². The number of aliphatic hydroxyl groups is 1. The Morgan fingerprint density at radius 2 is 2.10 bits per heavy atom. The number of fused-ring (bicyclic) bond motifs is 1. The third kappa shape index (κ3) is 3.52. The molecule has 1 fully saturated rings. The Morgan fingerprint density at radius 3 is 2.79 bits per heavy atom. The Morgan fingerprint density at radius 1 is 1.31 bits per heavy atom. The van der Waals surface area contributed by atoms with Gasteiger partial charge in [0.2, 0.25) is 0 Å². The van der Waals surface area contributed by atoms with Crippen molar-refractivity contribution in [1.82, 2.24) is 15.2 Å². The number of nitrogens with zero attached hydrogens (tertiary/aromatic N) is 5. The molecule has 4 rings (SSSR count). The molecule has 0 atom stereocenters. The number of ether oxygens (including phenoxy) is 1. The minimum Gasteiger partial charge on any atom is -0.495 e. The van der Waals surface area contributed by atoms with Crippen molar-refractivity contribution in [3.05, 3.63) is 47.3 Å². The van der Waals surface area contributed by atoms with Gasteiger partial charge in [-0.25, -0.2) is 4.98 Å². The number of methoxy groups -OCH3 is 1. The summed E-state index contributed by atoms with van der Waals surface area (Å²) in [6, 6.07) is 9.58. The molecule has 0 spiro atoms. The molecule has 0 unspecified atom stereocenters. The molecule has 148 valence electrons. The van der Waals surface area contributed by atoms with Crippen molar-refractivity contribution in [3.8, 4) is 11.8 Å². The molecular formula is C21H22N6O2. The average molecular weight is 390 g/mol. The van der Waals surface area contributed by atoms with Crippen LogP contribution >= 0.6 is 0 Å². The first-order valence-electron chi connectivity index (χ1n) is 9.32. The fourth-order valence-corrected chi connectivity index (χ4v) is 3.63. The predicted octanol–water partition coefficient (Wildman–Crippen LogP) is 2.40. The highest BCUT2D eigenvalue weighted by molar-refractivity contribution is 5.94. The topological polar surface area (TPSA) is 107 Å². The molecule has 0 radical (unpaired) electrons.